The van der Waals surface area contributed by atoms with Crippen LogP contribution >= 0.6 is 22.6 Å². The zero-order valence-corrected chi connectivity index (χ0v) is 13.1. The Kier molecular flexibility index (Phi) is 4.43. The second-order valence-corrected chi connectivity index (χ2v) is 5.59. The summed E-state index contributed by atoms with van der Waals surface area (Å²) in [5, 5.41) is 0. The van der Waals surface area contributed by atoms with E-state index in [0.717, 1.165) is 28.7 Å². The number of nitrogens with zero attached hydrogens (tertiary/aromatic N) is 2. The summed E-state index contributed by atoms with van der Waals surface area (Å²) in [4.78, 5) is 6.59. The van der Waals surface area contributed by atoms with Crippen LogP contribution in [0.3, 0.4) is 0 Å². The van der Waals surface area contributed by atoms with Gasteiger partial charge in [0, 0.05) is 0 Å². The fourth-order valence-corrected chi connectivity index (χ4v) is 2.42. The molecule has 1 aromatic carbocycles. The highest BCUT2D eigenvalue weighted by Gasteiger charge is 2.82. The third-order valence-electron chi connectivity index (χ3n) is 2.97. The van der Waals surface area contributed by atoms with Crippen molar-refractivity contribution in [1.82, 2.24) is 9.97 Å². The number of benzene rings is 1. The molecule has 0 aliphatic rings. The largest absolute Gasteiger partial charge is 0.460 e. The number of alkyl halides is 9. The number of para-hydroxylation sites is 2. The number of hydrogen-bond donors (Lipinski definition) is 0. The zero-order chi connectivity index (χ0) is 18.6. The average molecular weight is 474 g/mol. The first-order valence-electron chi connectivity index (χ1n) is 5.86. The third kappa shape index (κ3) is 2.67. The smallest absolute Gasteiger partial charge is 0.242 e. The third-order valence-corrected chi connectivity index (χ3v) is 3.72. The molecule has 0 radical (unpaired) electrons. The maximum absolute atomic E-state index is 13.9. The van der Waals surface area contributed by atoms with Gasteiger partial charge in [-0.2, -0.15) is 39.5 Å². The molecule has 2 aromatic rings. The highest BCUT2D eigenvalue weighted by molar-refractivity contribution is 14.1. The van der Waals surface area contributed by atoms with Crippen LogP contribution < -0.4 is 0 Å². The van der Waals surface area contributed by atoms with Gasteiger partial charge in [-0.05, 0) is 34.7 Å². The highest BCUT2D eigenvalue weighted by atomic mass is 127. The monoisotopic (exact) mass is 474 g/mol. The molecule has 0 atom stereocenters. The Bertz CT molecular complexity index is 773. The molecule has 0 spiro atoms. The summed E-state index contributed by atoms with van der Waals surface area (Å²) >= 11 is 1.01. The molecule has 2 nitrogen and oxygen atoms in total. The molecular formula is C12H4F9IN2. The summed E-state index contributed by atoms with van der Waals surface area (Å²) in [6, 6.07) is 5.03. The van der Waals surface area contributed by atoms with Crippen LogP contribution in [0.4, 0.5) is 39.5 Å². The maximum atomic E-state index is 13.9. The summed E-state index contributed by atoms with van der Waals surface area (Å²) in [5.74, 6) is -19.7. The van der Waals surface area contributed by atoms with Crippen molar-refractivity contribution in [2.75, 3.05) is 0 Å². The van der Waals surface area contributed by atoms with Crippen LogP contribution in [0.5, 0.6) is 0 Å². The predicted molar refractivity (Wildman–Crippen MR) is 72.1 cm³/mol. The van der Waals surface area contributed by atoms with Crippen LogP contribution in [-0.4, -0.2) is 28.0 Å². The molecule has 132 valence electrons. The second kappa shape index (κ2) is 5.59. The van der Waals surface area contributed by atoms with Gasteiger partial charge in [0.15, 0.2) is 0 Å². The average Bonchev–Trinajstić information content (AvgIpc) is 2.44. The molecule has 0 unspecified atom stereocenters. The molecule has 0 fully saturated rings. The molecule has 0 amide bonds. The number of halogens is 10. The van der Waals surface area contributed by atoms with Gasteiger partial charge in [-0.15, -0.1) is 0 Å². The minimum Gasteiger partial charge on any atom is -0.242 e. The molecule has 1 heterocycles. The van der Waals surface area contributed by atoms with E-state index in [0.29, 0.717) is 0 Å². The van der Waals surface area contributed by atoms with Crippen LogP contribution in [-0.2, 0) is 5.92 Å². The Morgan fingerprint density at radius 2 is 1.17 bits per heavy atom. The summed E-state index contributed by atoms with van der Waals surface area (Å²) < 4.78 is 116. The highest BCUT2D eigenvalue weighted by Crippen LogP contribution is 2.56. The van der Waals surface area contributed by atoms with E-state index >= 15 is 0 Å². The van der Waals surface area contributed by atoms with Crippen molar-refractivity contribution in [1.29, 1.82) is 0 Å². The van der Waals surface area contributed by atoms with E-state index in [1.165, 1.54) is 18.2 Å². The van der Waals surface area contributed by atoms with E-state index in [1.807, 2.05) is 0 Å². The first kappa shape index (κ1) is 19.0. The molecule has 0 saturated carbocycles. The van der Waals surface area contributed by atoms with Gasteiger partial charge in [0.2, 0.25) is 0 Å². The van der Waals surface area contributed by atoms with Crippen LogP contribution in [0.25, 0.3) is 11.0 Å². The Morgan fingerprint density at radius 3 is 1.62 bits per heavy atom. The standard InChI is InChI=1S/C12H4F9IN2/c13-9(14,10(15,16)11(17,18)12(19,20)21)7-8(22)24-6-4-2-1-3-5(6)23-7/h1-4H. The van der Waals surface area contributed by atoms with Crippen LogP contribution in [0.1, 0.15) is 5.69 Å². The minimum atomic E-state index is -6.97. The molecule has 12 heteroatoms. The lowest BCUT2D eigenvalue weighted by molar-refractivity contribution is -0.400. The molecular weight excluding hydrogens is 470 g/mol. The molecule has 1 aromatic heterocycles. The summed E-state index contributed by atoms with van der Waals surface area (Å²) in [7, 11) is 0. The van der Waals surface area contributed by atoms with E-state index < -0.39 is 33.3 Å². The molecule has 0 aliphatic carbocycles. The van der Waals surface area contributed by atoms with Crippen LogP contribution in [0.2, 0.25) is 0 Å². The SMILES string of the molecule is FC(F)(F)C(F)(F)C(F)(F)C(F)(F)c1nc2ccccc2nc1I. The lowest BCUT2D eigenvalue weighted by Gasteiger charge is -2.33. The number of rotatable bonds is 3. The van der Waals surface area contributed by atoms with Crippen molar-refractivity contribution in [3.63, 3.8) is 0 Å². The fourth-order valence-electron chi connectivity index (χ4n) is 1.70. The number of hydrogen-bond acceptors (Lipinski definition) is 2. The first-order valence-corrected chi connectivity index (χ1v) is 6.94. The Morgan fingerprint density at radius 1 is 0.708 bits per heavy atom. The number of aromatic nitrogens is 2. The van der Waals surface area contributed by atoms with Gasteiger partial charge in [0.1, 0.15) is 9.39 Å². The molecule has 0 saturated heterocycles. The Hall–Kier alpha value is -1.34. The fraction of sp³-hybridized carbons (Fsp3) is 0.333. The van der Waals surface area contributed by atoms with Crippen LogP contribution in [0.15, 0.2) is 24.3 Å². The predicted octanol–water partition coefficient (Wildman–Crippen LogP) is 5.16. The van der Waals surface area contributed by atoms with E-state index in [4.69, 9.17) is 0 Å². The quantitative estimate of drug-likeness (QED) is 0.454. The van der Waals surface area contributed by atoms with Gasteiger partial charge in [0.05, 0.1) is 11.0 Å². The normalized spacial score (nSPS) is 14.2. The molecule has 0 aliphatic heterocycles. The topological polar surface area (TPSA) is 25.8 Å². The summed E-state index contributed by atoms with van der Waals surface area (Å²) in [5.41, 5.74) is -2.35. The van der Waals surface area contributed by atoms with Crippen molar-refractivity contribution in [3.8, 4) is 0 Å². The zero-order valence-electron chi connectivity index (χ0n) is 11.0. The molecule has 2 rings (SSSR count). The van der Waals surface area contributed by atoms with Crippen molar-refractivity contribution >= 4 is 33.6 Å². The van der Waals surface area contributed by atoms with E-state index in [-0.39, 0.29) is 11.0 Å². The number of fused-ring (bicyclic) bond motifs is 1. The van der Waals surface area contributed by atoms with Crippen LogP contribution in [0, 0.1) is 3.70 Å². The maximum Gasteiger partial charge on any atom is 0.460 e. The van der Waals surface area contributed by atoms with E-state index in [9.17, 15) is 39.5 Å². The van der Waals surface area contributed by atoms with Gasteiger partial charge in [0.25, 0.3) is 0 Å². The van der Waals surface area contributed by atoms with Gasteiger partial charge in [-0.1, -0.05) is 12.1 Å². The summed E-state index contributed by atoms with van der Waals surface area (Å²) in [6.45, 7) is 0. The van der Waals surface area contributed by atoms with Crippen molar-refractivity contribution in [2.24, 2.45) is 0 Å². The van der Waals surface area contributed by atoms with Crippen molar-refractivity contribution in [2.45, 2.75) is 23.9 Å². The minimum absolute atomic E-state index is 0.0210. The van der Waals surface area contributed by atoms with E-state index in [2.05, 4.69) is 9.97 Å². The first-order chi connectivity index (χ1) is 10.7. The summed E-state index contributed by atoms with van der Waals surface area (Å²) in [6.07, 6.45) is -6.88. The molecule has 24 heavy (non-hydrogen) atoms. The van der Waals surface area contributed by atoms with Crippen molar-refractivity contribution in [3.05, 3.63) is 33.7 Å². The van der Waals surface area contributed by atoms with Gasteiger partial charge in [-0.25, -0.2) is 9.97 Å². The van der Waals surface area contributed by atoms with Crippen molar-refractivity contribution < 1.29 is 39.5 Å². The lowest BCUT2D eigenvalue weighted by Crippen LogP contribution is -2.60. The van der Waals surface area contributed by atoms with Gasteiger partial charge >= 0.3 is 23.9 Å². The molecule has 0 N–H and O–H groups in total. The van der Waals surface area contributed by atoms with Gasteiger partial charge in [-0.3, -0.25) is 0 Å². The molecule has 0 bridgehead atoms. The lowest BCUT2D eigenvalue weighted by atomic mass is 10.0. The second-order valence-electron chi connectivity index (χ2n) is 4.57. The Balaban J connectivity index is 2.67. The van der Waals surface area contributed by atoms with Gasteiger partial charge < -0.3 is 0 Å². The van der Waals surface area contributed by atoms with E-state index in [1.54, 1.807) is 0 Å². The Labute approximate surface area is 141 Å².